The predicted molar refractivity (Wildman–Crippen MR) is 61.0 cm³/mol. The van der Waals surface area contributed by atoms with Crippen LogP contribution in [0.2, 0.25) is 0 Å². The molecule has 0 aliphatic heterocycles. The van der Waals surface area contributed by atoms with Crippen LogP contribution in [0.25, 0.3) is 0 Å². The number of benzene rings is 1. The summed E-state index contributed by atoms with van der Waals surface area (Å²) in [5.41, 5.74) is 6.70. The number of rotatable bonds is 3. The van der Waals surface area contributed by atoms with Gasteiger partial charge in [-0.15, -0.1) is 0 Å². The molecule has 2 rings (SSSR count). The van der Waals surface area contributed by atoms with Crippen LogP contribution in [0, 0.1) is 11.6 Å². The number of nitrogens with two attached hydrogens (primary N) is 1. The van der Waals surface area contributed by atoms with Crippen molar-refractivity contribution >= 4 is 0 Å². The zero-order valence-corrected chi connectivity index (χ0v) is 9.60. The van der Waals surface area contributed by atoms with Crippen LogP contribution >= 0.6 is 0 Å². The average molecular weight is 251 g/mol. The molecule has 0 aliphatic rings. The van der Waals surface area contributed by atoms with E-state index in [0.29, 0.717) is 11.3 Å². The van der Waals surface area contributed by atoms with Gasteiger partial charge in [-0.05, 0) is 17.7 Å². The van der Waals surface area contributed by atoms with Crippen molar-refractivity contribution in [2.24, 2.45) is 5.73 Å². The van der Waals surface area contributed by atoms with E-state index in [1.54, 1.807) is 0 Å². The summed E-state index contributed by atoms with van der Waals surface area (Å²) in [5, 5.41) is 0. The second-order valence-corrected chi connectivity index (χ2v) is 3.60. The maximum Gasteiger partial charge on any atom is 0.237 e. The monoisotopic (exact) mass is 251 g/mol. The summed E-state index contributed by atoms with van der Waals surface area (Å²) in [6.45, 7) is 0. The lowest BCUT2D eigenvalue weighted by molar-refractivity contribution is 0.387. The van der Waals surface area contributed by atoms with E-state index in [1.807, 2.05) is 0 Å². The van der Waals surface area contributed by atoms with Gasteiger partial charge in [0.05, 0.1) is 13.2 Å². The molecule has 0 aliphatic carbocycles. The topological polar surface area (TPSA) is 61.0 Å². The molecule has 1 heterocycles. The fraction of sp³-hybridized carbons (Fsp3) is 0.167. The van der Waals surface area contributed by atoms with Gasteiger partial charge in [-0.25, -0.2) is 13.8 Å². The SMILES string of the molecule is COc1nccnc1C(N)c1ccc(F)c(F)c1. The fourth-order valence-electron chi connectivity index (χ4n) is 1.57. The van der Waals surface area contributed by atoms with Crippen LogP contribution < -0.4 is 10.5 Å². The Labute approximate surface area is 102 Å². The molecule has 0 spiro atoms. The molecule has 0 fully saturated rings. The van der Waals surface area contributed by atoms with E-state index >= 15 is 0 Å². The van der Waals surface area contributed by atoms with Crippen LogP contribution in [0.15, 0.2) is 30.6 Å². The third-order valence-electron chi connectivity index (χ3n) is 2.48. The molecule has 0 saturated carbocycles. The van der Waals surface area contributed by atoms with Crippen LogP contribution in [0.5, 0.6) is 5.88 Å². The Kier molecular flexibility index (Phi) is 3.47. The first kappa shape index (κ1) is 12.4. The summed E-state index contributed by atoms with van der Waals surface area (Å²) in [5.74, 6) is -1.61. The highest BCUT2D eigenvalue weighted by atomic mass is 19.2. The summed E-state index contributed by atoms with van der Waals surface area (Å²) < 4.78 is 31.0. The van der Waals surface area contributed by atoms with Gasteiger partial charge in [-0.3, -0.25) is 4.98 Å². The first-order chi connectivity index (χ1) is 8.63. The van der Waals surface area contributed by atoms with E-state index in [-0.39, 0.29) is 5.88 Å². The molecule has 1 unspecified atom stereocenters. The third kappa shape index (κ3) is 2.28. The van der Waals surface area contributed by atoms with Crippen LogP contribution in [0.4, 0.5) is 8.78 Å². The van der Waals surface area contributed by atoms with E-state index < -0.39 is 17.7 Å². The number of hydrogen-bond donors (Lipinski definition) is 1. The van der Waals surface area contributed by atoms with Gasteiger partial charge in [-0.2, -0.15) is 0 Å². The van der Waals surface area contributed by atoms with Crippen LogP contribution in [-0.2, 0) is 0 Å². The normalized spacial score (nSPS) is 12.2. The molecule has 1 aromatic heterocycles. The molecule has 18 heavy (non-hydrogen) atoms. The largest absolute Gasteiger partial charge is 0.480 e. The molecule has 0 saturated heterocycles. The van der Waals surface area contributed by atoms with Gasteiger partial charge < -0.3 is 10.5 Å². The van der Waals surface area contributed by atoms with E-state index in [1.165, 1.54) is 25.6 Å². The van der Waals surface area contributed by atoms with Crippen molar-refractivity contribution < 1.29 is 13.5 Å². The molecule has 0 bridgehead atoms. The quantitative estimate of drug-likeness (QED) is 0.903. The Morgan fingerprint density at radius 1 is 1.17 bits per heavy atom. The Morgan fingerprint density at radius 2 is 1.89 bits per heavy atom. The zero-order valence-electron chi connectivity index (χ0n) is 9.60. The average Bonchev–Trinajstić information content (AvgIpc) is 2.41. The molecule has 4 nitrogen and oxygen atoms in total. The lowest BCUT2D eigenvalue weighted by Gasteiger charge is -2.13. The number of methoxy groups -OCH3 is 1. The predicted octanol–water partition coefficient (Wildman–Crippen LogP) is 1.81. The Balaban J connectivity index is 2.41. The molecule has 2 N–H and O–H groups in total. The summed E-state index contributed by atoms with van der Waals surface area (Å²) in [6.07, 6.45) is 2.91. The van der Waals surface area contributed by atoms with Gasteiger partial charge in [0.15, 0.2) is 11.6 Å². The lowest BCUT2D eigenvalue weighted by Crippen LogP contribution is -2.15. The maximum atomic E-state index is 13.1. The zero-order chi connectivity index (χ0) is 13.1. The van der Waals surface area contributed by atoms with E-state index in [4.69, 9.17) is 10.5 Å². The minimum Gasteiger partial charge on any atom is -0.480 e. The van der Waals surface area contributed by atoms with E-state index in [9.17, 15) is 8.78 Å². The van der Waals surface area contributed by atoms with Gasteiger partial charge >= 0.3 is 0 Å². The maximum absolute atomic E-state index is 13.1. The highest BCUT2D eigenvalue weighted by molar-refractivity contribution is 5.32. The molecule has 1 atom stereocenters. The number of ether oxygens (including phenoxy) is 1. The second-order valence-electron chi connectivity index (χ2n) is 3.60. The third-order valence-corrected chi connectivity index (χ3v) is 2.48. The smallest absolute Gasteiger partial charge is 0.237 e. The molecule has 0 amide bonds. The minimum absolute atomic E-state index is 0.259. The van der Waals surface area contributed by atoms with Crippen molar-refractivity contribution in [1.29, 1.82) is 0 Å². The summed E-state index contributed by atoms with van der Waals surface area (Å²) in [4.78, 5) is 8.00. The number of aromatic nitrogens is 2. The molecule has 6 heteroatoms. The van der Waals surface area contributed by atoms with Gasteiger partial charge in [0.25, 0.3) is 0 Å². The van der Waals surface area contributed by atoms with Crippen molar-refractivity contribution in [1.82, 2.24) is 9.97 Å². The minimum atomic E-state index is -0.953. The number of nitrogens with zero attached hydrogens (tertiary/aromatic N) is 2. The summed E-state index contributed by atoms with van der Waals surface area (Å²) >= 11 is 0. The van der Waals surface area contributed by atoms with Gasteiger partial charge in [-0.1, -0.05) is 6.07 Å². The summed E-state index contributed by atoms with van der Waals surface area (Å²) in [7, 11) is 1.44. The lowest BCUT2D eigenvalue weighted by atomic mass is 10.0. The molecular formula is C12H11F2N3O. The molecule has 94 valence electrons. The van der Waals surface area contributed by atoms with E-state index in [0.717, 1.165) is 12.1 Å². The van der Waals surface area contributed by atoms with Crippen molar-refractivity contribution in [3.8, 4) is 5.88 Å². The van der Waals surface area contributed by atoms with Crippen LogP contribution in [0.1, 0.15) is 17.3 Å². The molecule has 2 aromatic rings. The van der Waals surface area contributed by atoms with Crippen molar-refractivity contribution in [2.45, 2.75) is 6.04 Å². The Hall–Kier alpha value is -2.08. The fourth-order valence-corrected chi connectivity index (χ4v) is 1.57. The first-order valence-corrected chi connectivity index (χ1v) is 5.19. The van der Waals surface area contributed by atoms with Crippen molar-refractivity contribution in [3.05, 3.63) is 53.5 Å². The van der Waals surface area contributed by atoms with Gasteiger partial charge in [0.1, 0.15) is 5.69 Å². The van der Waals surface area contributed by atoms with Crippen LogP contribution in [0.3, 0.4) is 0 Å². The van der Waals surface area contributed by atoms with E-state index in [2.05, 4.69) is 9.97 Å². The molecular weight excluding hydrogens is 240 g/mol. The first-order valence-electron chi connectivity index (χ1n) is 5.19. The van der Waals surface area contributed by atoms with Crippen LogP contribution in [-0.4, -0.2) is 17.1 Å². The second kappa shape index (κ2) is 5.05. The van der Waals surface area contributed by atoms with Crippen molar-refractivity contribution in [3.63, 3.8) is 0 Å². The Bertz CT molecular complexity index is 563. The van der Waals surface area contributed by atoms with Crippen molar-refractivity contribution in [2.75, 3.05) is 7.11 Å². The Morgan fingerprint density at radius 3 is 2.56 bits per heavy atom. The highest BCUT2D eigenvalue weighted by Crippen LogP contribution is 2.24. The number of hydrogen-bond acceptors (Lipinski definition) is 4. The highest BCUT2D eigenvalue weighted by Gasteiger charge is 2.17. The molecule has 0 radical (unpaired) electrons. The van der Waals surface area contributed by atoms with Gasteiger partial charge in [0, 0.05) is 12.4 Å². The molecule has 1 aromatic carbocycles. The summed E-state index contributed by atoms with van der Waals surface area (Å²) in [6, 6.07) is 2.72. The standard InChI is InChI=1S/C12H11F2N3O/c1-18-12-11(16-4-5-17-12)10(15)7-2-3-8(13)9(14)6-7/h2-6,10H,15H2,1H3. The number of halogens is 2. The van der Waals surface area contributed by atoms with Gasteiger partial charge in [0.2, 0.25) is 5.88 Å².